The van der Waals surface area contributed by atoms with Crippen LogP contribution in [0.1, 0.15) is 27.3 Å². The number of amides is 1. The molecule has 2 aromatic carbocycles. The fraction of sp³-hybridized carbons (Fsp3) is 0.174. The second-order valence-electron chi connectivity index (χ2n) is 7.50. The van der Waals surface area contributed by atoms with Gasteiger partial charge >= 0.3 is 0 Å². The predicted molar refractivity (Wildman–Crippen MR) is 126 cm³/mol. The number of benzene rings is 2. The topological polar surface area (TPSA) is 97.0 Å². The van der Waals surface area contributed by atoms with Crippen molar-refractivity contribution in [2.75, 3.05) is 7.11 Å². The third kappa shape index (κ3) is 4.19. The number of aromatic nitrogens is 3. The van der Waals surface area contributed by atoms with Gasteiger partial charge in [-0.2, -0.15) is 0 Å². The van der Waals surface area contributed by atoms with Crippen LogP contribution >= 0.6 is 19.0 Å². The lowest BCUT2D eigenvalue weighted by atomic mass is 10.2. The third-order valence-electron chi connectivity index (χ3n) is 5.10. The summed E-state index contributed by atoms with van der Waals surface area (Å²) in [6.07, 6.45) is 4.68. The SMILES string of the molecule is COP(=O)(c1cc(C)cc(C)c1)c1c(C(=O)NCc2cnccn2)[nH]c2ccc(Cl)cc12. The average Bonchev–Trinajstić information content (AvgIpc) is 3.16. The van der Waals surface area contributed by atoms with Gasteiger partial charge in [0.1, 0.15) is 5.69 Å². The van der Waals surface area contributed by atoms with E-state index in [9.17, 15) is 9.36 Å². The Hall–Kier alpha value is -2.99. The maximum absolute atomic E-state index is 14.4. The largest absolute Gasteiger partial charge is 0.350 e. The number of carbonyl (C=O) groups is 1. The van der Waals surface area contributed by atoms with Crippen LogP contribution in [0.3, 0.4) is 0 Å². The van der Waals surface area contributed by atoms with Crippen LogP contribution in [0.15, 0.2) is 55.0 Å². The molecule has 0 bridgehead atoms. The van der Waals surface area contributed by atoms with E-state index < -0.39 is 13.3 Å². The minimum Gasteiger partial charge on any atom is -0.350 e. The summed E-state index contributed by atoms with van der Waals surface area (Å²) in [5, 5.41) is 4.67. The zero-order valence-corrected chi connectivity index (χ0v) is 19.5. The van der Waals surface area contributed by atoms with Gasteiger partial charge in [0.25, 0.3) is 13.3 Å². The van der Waals surface area contributed by atoms with Gasteiger partial charge in [0.2, 0.25) is 0 Å². The lowest BCUT2D eigenvalue weighted by molar-refractivity contribution is 0.0947. The number of rotatable bonds is 6. The van der Waals surface area contributed by atoms with E-state index in [4.69, 9.17) is 16.1 Å². The zero-order valence-electron chi connectivity index (χ0n) is 17.8. The summed E-state index contributed by atoms with van der Waals surface area (Å²) in [7, 11) is -2.25. The Balaban J connectivity index is 1.87. The number of nitrogens with zero attached hydrogens (tertiary/aromatic N) is 2. The Morgan fingerprint density at radius 2 is 1.91 bits per heavy atom. The van der Waals surface area contributed by atoms with Gasteiger partial charge in [-0.05, 0) is 44.2 Å². The second-order valence-corrected chi connectivity index (χ2v) is 10.4. The van der Waals surface area contributed by atoms with Crippen molar-refractivity contribution in [3.8, 4) is 0 Å². The molecule has 2 aromatic heterocycles. The van der Waals surface area contributed by atoms with Gasteiger partial charge in [0.15, 0.2) is 0 Å². The molecule has 0 saturated carbocycles. The lowest BCUT2D eigenvalue weighted by Crippen LogP contribution is -2.30. The van der Waals surface area contributed by atoms with Gasteiger partial charge in [-0.1, -0.05) is 28.8 Å². The normalized spacial score (nSPS) is 13.1. The molecule has 0 fully saturated rings. The van der Waals surface area contributed by atoms with E-state index in [1.165, 1.54) is 7.11 Å². The highest BCUT2D eigenvalue weighted by Gasteiger charge is 2.36. The van der Waals surface area contributed by atoms with Crippen LogP contribution in [-0.2, 0) is 15.6 Å². The van der Waals surface area contributed by atoms with E-state index in [0.29, 0.717) is 32.2 Å². The van der Waals surface area contributed by atoms with Crippen molar-refractivity contribution < 1.29 is 13.9 Å². The van der Waals surface area contributed by atoms with E-state index >= 15 is 0 Å². The molecule has 0 saturated heterocycles. The third-order valence-corrected chi connectivity index (χ3v) is 7.85. The van der Waals surface area contributed by atoms with Crippen LogP contribution < -0.4 is 15.9 Å². The molecule has 7 nitrogen and oxygen atoms in total. The average molecular weight is 469 g/mol. The van der Waals surface area contributed by atoms with Gasteiger partial charge in [-0.3, -0.25) is 19.3 Å². The van der Waals surface area contributed by atoms with E-state index in [-0.39, 0.29) is 12.2 Å². The number of nitrogens with one attached hydrogen (secondary N) is 2. The summed E-state index contributed by atoms with van der Waals surface area (Å²) in [4.78, 5) is 24.5. The molecule has 2 N–H and O–H groups in total. The van der Waals surface area contributed by atoms with Gasteiger partial charge < -0.3 is 14.8 Å². The summed E-state index contributed by atoms with van der Waals surface area (Å²) in [5.41, 5.74) is 3.30. The Labute approximate surface area is 190 Å². The van der Waals surface area contributed by atoms with Crippen molar-refractivity contribution in [2.45, 2.75) is 20.4 Å². The zero-order chi connectivity index (χ0) is 22.9. The first kappa shape index (κ1) is 22.2. The number of hydrogen-bond acceptors (Lipinski definition) is 5. The number of aryl methyl sites for hydroxylation is 2. The molecule has 0 spiro atoms. The first-order valence-electron chi connectivity index (χ1n) is 9.91. The van der Waals surface area contributed by atoms with Crippen molar-refractivity contribution in [3.63, 3.8) is 0 Å². The molecule has 1 amide bonds. The fourth-order valence-corrected chi connectivity index (χ4v) is 6.27. The number of carbonyl (C=O) groups excluding carboxylic acids is 1. The van der Waals surface area contributed by atoms with Crippen molar-refractivity contribution in [3.05, 3.63) is 82.5 Å². The Morgan fingerprint density at radius 1 is 1.16 bits per heavy atom. The maximum atomic E-state index is 14.4. The number of H-pyrrole nitrogens is 1. The van der Waals surface area contributed by atoms with Gasteiger partial charge in [0, 0.05) is 40.7 Å². The summed E-state index contributed by atoms with van der Waals surface area (Å²) in [5.74, 6) is -0.431. The van der Waals surface area contributed by atoms with Gasteiger partial charge in [-0.25, -0.2) is 0 Å². The number of fused-ring (bicyclic) bond motifs is 1. The molecule has 1 unspecified atom stereocenters. The molecule has 4 rings (SSSR count). The lowest BCUT2D eigenvalue weighted by Gasteiger charge is -2.19. The molecule has 2 heterocycles. The minimum absolute atomic E-state index is 0.162. The number of aromatic amines is 1. The molecule has 0 aliphatic carbocycles. The molecule has 0 aliphatic rings. The van der Waals surface area contributed by atoms with Crippen molar-refractivity contribution in [2.24, 2.45) is 0 Å². The molecular weight excluding hydrogens is 447 g/mol. The van der Waals surface area contributed by atoms with E-state index in [1.807, 2.05) is 32.0 Å². The number of hydrogen-bond donors (Lipinski definition) is 2. The molecule has 0 aliphatic heterocycles. The molecule has 32 heavy (non-hydrogen) atoms. The molecule has 164 valence electrons. The van der Waals surface area contributed by atoms with Crippen molar-refractivity contribution in [1.82, 2.24) is 20.3 Å². The smallest absolute Gasteiger partial charge is 0.268 e. The highest BCUT2D eigenvalue weighted by molar-refractivity contribution is 7.75. The first-order chi connectivity index (χ1) is 15.3. The van der Waals surface area contributed by atoms with Crippen LogP contribution in [0, 0.1) is 13.8 Å². The standard InChI is InChI=1S/C23H22ClN4O3P/c1-14-8-15(2)10-18(9-14)32(30,31-3)22-19-11-16(24)4-5-20(19)28-21(22)23(29)27-13-17-12-25-6-7-26-17/h4-12,28H,13H2,1-3H3,(H,27,29). The molecule has 0 radical (unpaired) electrons. The number of halogens is 1. The molecule has 4 aromatic rings. The van der Waals surface area contributed by atoms with Crippen LogP contribution in [0.4, 0.5) is 0 Å². The Kier molecular flexibility index (Phi) is 6.15. The van der Waals surface area contributed by atoms with Gasteiger partial charge in [-0.15, -0.1) is 0 Å². The quantitative estimate of drug-likeness (QED) is 0.416. The summed E-state index contributed by atoms with van der Waals surface area (Å²) in [6, 6.07) is 10.8. The van der Waals surface area contributed by atoms with Crippen LogP contribution in [0.5, 0.6) is 0 Å². The highest BCUT2D eigenvalue weighted by Crippen LogP contribution is 2.47. The predicted octanol–water partition coefficient (Wildman–Crippen LogP) is 4.03. The molecule has 1 atom stereocenters. The van der Waals surface area contributed by atoms with E-state index in [0.717, 1.165) is 11.1 Å². The summed E-state index contributed by atoms with van der Waals surface area (Å²) >= 11 is 6.25. The minimum atomic E-state index is -3.64. The van der Waals surface area contributed by atoms with E-state index in [2.05, 4.69) is 20.3 Å². The summed E-state index contributed by atoms with van der Waals surface area (Å²) in [6.45, 7) is 4.03. The molecule has 9 heteroatoms. The Bertz CT molecular complexity index is 1330. The molecular formula is C23H22ClN4O3P. The monoisotopic (exact) mass is 468 g/mol. The van der Waals surface area contributed by atoms with Crippen LogP contribution in [-0.4, -0.2) is 28.0 Å². The van der Waals surface area contributed by atoms with Gasteiger partial charge in [0.05, 0.1) is 23.7 Å². The maximum Gasteiger partial charge on any atom is 0.268 e. The van der Waals surface area contributed by atoms with E-state index in [1.54, 1.807) is 36.8 Å². The first-order valence-corrected chi connectivity index (χ1v) is 11.9. The summed E-state index contributed by atoms with van der Waals surface area (Å²) < 4.78 is 20.1. The van der Waals surface area contributed by atoms with Crippen molar-refractivity contribution >= 4 is 46.4 Å². The highest BCUT2D eigenvalue weighted by atomic mass is 35.5. The van der Waals surface area contributed by atoms with Crippen LogP contribution in [0.2, 0.25) is 5.02 Å². The van der Waals surface area contributed by atoms with Crippen molar-refractivity contribution in [1.29, 1.82) is 0 Å². The Morgan fingerprint density at radius 3 is 2.56 bits per heavy atom. The van der Waals surface area contributed by atoms with Crippen LogP contribution in [0.25, 0.3) is 10.9 Å². The fourth-order valence-electron chi connectivity index (χ4n) is 3.75. The second kappa shape index (κ2) is 8.87.